The summed E-state index contributed by atoms with van der Waals surface area (Å²) in [5, 5.41) is 25.0. The minimum Gasteiger partial charge on any atom is -0.465 e. The summed E-state index contributed by atoms with van der Waals surface area (Å²) in [5.41, 5.74) is 2.35. The number of carboxylic acid groups (broad SMARTS) is 1. The van der Waals surface area contributed by atoms with Gasteiger partial charge in [-0.15, -0.1) is 0 Å². The van der Waals surface area contributed by atoms with Crippen molar-refractivity contribution in [2.24, 2.45) is 0 Å². The van der Waals surface area contributed by atoms with Crippen LogP contribution in [0.4, 0.5) is 19.5 Å². The highest BCUT2D eigenvalue weighted by Gasteiger charge is 2.27. The van der Waals surface area contributed by atoms with E-state index in [1.807, 2.05) is 0 Å². The Hall–Kier alpha value is -4.33. The van der Waals surface area contributed by atoms with E-state index in [4.69, 9.17) is 5.11 Å². The van der Waals surface area contributed by atoms with Crippen LogP contribution in [-0.4, -0.2) is 43.2 Å². The number of H-pyrrole nitrogens is 1. The van der Waals surface area contributed by atoms with Crippen LogP contribution in [0.5, 0.6) is 0 Å². The number of hydrogen-bond acceptors (Lipinski definition) is 6. The van der Waals surface area contributed by atoms with Crippen molar-refractivity contribution in [3.05, 3.63) is 48.0 Å². The van der Waals surface area contributed by atoms with Crippen LogP contribution >= 0.6 is 0 Å². The molecule has 178 valence electrons. The van der Waals surface area contributed by atoms with Crippen LogP contribution in [-0.2, 0) is 0 Å². The first kappa shape index (κ1) is 22.5. The van der Waals surface area contributed by atoms with Crippen molar-refractivity contribution >= 4 is 33.8 Å². The second-order valence-electron chi connectivity index (χ2n) is 8.48. The van der Waals surface area contributed by atoms with Crippen molar-refractivity contribution in [1.29, 1.82) is 5.26 Å². The van der Waals surface area contributed by atoms with Crippen molar-refractivity contribution in [2.75, 3.05) is 5.32 Å². The molecule has 1 fully saturated rings. The molecule has 0 radical (unpaired) electrons. The van der Waals surface area contributed by atoms with Crippen LogP contribution in [0.2, 0.25) is 0 Å². The molecule has 0 unspecified atom stereocenters. The molecule has 11 heteroatoms. The van der Waals surface area contributed by atoms with Crippen LogP contribution in [0.15, 0.2) is 36.8 Å². The number of aromatic amines is 1. The average Bonchev–Trinajstić information content (AvgIpc) is 3.27. The Balaban J connectivity index is 1.60. The smallest absolute Gasteiger partial charge is 0.404 e. The zero-order chi connectivity index (χ0) is 24.5. The first-order valence-corrected chi connectivity index (χ1v) is 11.2. The van der Waals surface area contributed by atoms with Crippen molar-refractivity contribution in [3.8, 4) is 17.2 Å². The van der Waals surface area contributed by atoms with E-state index in [1.54, 1.807) is 24.4 Å². The molecule has 1 amide bonds. The Kier molecular flexibility index (Phi) is 5.86. The molecule has 0 bridgehead atoms. The molecule has 0 saturated heterocycles. The van der Waals surface area contributed by atoms with Crippen LogP contribution in [0.1, 0.15) is 43.4 Å². The van der Waals surface area contributed by atoms with Gasteiger partial charge >= 0.3 is 6.09 Å². The van der Waals surface area contributed by atoms with Gasteiger partial charge in [0.15, 0.2) is 0 Å². The van der Waals surface area contributed by atoms with Crippen molar-refractivity contribution in [2.45, 2.75) is 44.2 Å². The predicted molar refractivity (Wildman–Crippen MR) is 125 cm³/mol. The molecule has 3 aromatic heterocycles. The topological polar surface area (TPSA) is 140 Å². The maximum atomic E-state index is 13.7. The summed E-state index contributed by atoms with van der Waals surface area (Å²) in [6, 6.07) is 6.74. The van der Waals surface area contributed by atoms with Gasteiger partial charge < -0.3 is 20.7 Å². The van der Waals surface area contributed by atoms with Gasteiger partial charge in [0.1, 0.15) is 5.69 Å². The van der Waals surface area contributed by atoms with Gasteiger partial charge in [0, 0.05) is 52.0 Å². The molecule has 1 aliphatic carbocycles. The van der Waals surface area contributed by atoms with E-state index in [1.165, 1.54) is 12.4 Å². The SMILES string of the molecule is N#Cc1ccc2c(-c3cnc(C(F)F)c4cnc(N[C@@H]5CCCC[C@@H]5NC(=O)O)nc34)c[nH]c2c1. The number of pyridine rings is 1. The molecule has 4 N–H and O–H groups in total. The molecule has 0 spiro atoms. The summed E-state index contributed by atoms with van der Waals surface area (Å²) >= 11 is 0. The van der Waals surface area contributed by atoms with Crippen LogP contribution in [0.25, 0.3) is 32.9 Å². The Labute approximate surface area is 198 Å². The first-order valence-electron chi connectivity index (χ1n) is 11.2. The van der Waals surface area contributed by atoms with Gasteiger partial charge in [-0.3, -0.25) is 4.98 Å². The highest BCUT2D eigenvalue weighted by Crippen LogP contribution is 2.36. The largest absolute Gasteiger partial charge is 0.465 e. The highest BCUT2D eigenvalue weighted by molar-refractivity contribution is 6.04. The second kappa shape index (κ2) is 9.13. The normalized spacial score (nSPS) is 18.0. The molecule has 35 heavy (non-hydrogen) atoms. The van der Waals surface area contributed by atoms with Gasteiger partial charge in [-0.1, -0.05) is 18.9 Å². The number of hydrogen-bond donors (Lipinski definition) is 4. The van der Waals surface area contributed by atoms with Gasteiger partial charge in [-0.25, -0.2) is 23.5 Å². The fourth-order valence-electron chi connectivity index (χ4n) is 4.70. The fraction of sp³-hybridized carbons (Fsp3) is 0.292. The number of alkyl halides is 2. The minimum atomic E-state index is -2.81. The number of fused-ring (bicyclic) bond motifs is 2. The predicted octanol–water partition coefficient (Wildman–Crippen LogP) is 4.97. The Bertz CT molecular complexity index is 1460. The number of nitrogens with one attached hydrogen (secondary N) is 3. The maximum absolute atomic E-state index is 13.7. The molecule has 9 nitrogen and oxygen atoms in total. The third kappa shape index (κ3) is 4.30. The fourth-order valence-corrected chi connectivity index (χ4v) is 4.70. The van der Waals surface area contributed by atoms with Gasteiger partial charge in [0.05, 0.1) is 23.2 Å². The zero-order valence-corrected chi connectivity index (χ0v) is 18.4. The summed E-state index contributed by atoms with van der Waals surface area (Å²) in [5.74, 6) is 0.223. The van der Waals surface area contributed by atoms with E-state index < -0.39 is 18.2 Å². The van der Waals surface area contributed by atoms with Crippen LogP contribution < -0.4 is 10.6 Å². The minimum absolute atomic E-state index is 0.134. The summed E-state index contributed by atoms with van der Waals surface area (Å²) in [6.45, 7) is 0. The monoisotopic (exact) mass is 477 g/mol. The van der Waals surface area contributed by atoms with E-state index in [-0.39, 0.29) is 23.4 Å². The molecule has 0 aliphatic heterocycles. The third-order valence-corrected chi connectivity index (χ3v) is 6.35. The second-order valence-corrected chi connectivity index (χ2v) is 8.48. The number of benzene rings is 1. The number of anilines is 1. The number of carbonyl (C=O) groups is 1. The number of nitrogens with zero attached hydrogens (tertiary/aromatic N) is 4. The molecule has 1 saturated carbocycles. The molecule has 1 aliphatic rings. The van der Waals surface area contributed by atoms with E-state index in [2.05, 4.69) is 36.6 Å². The van der Waals surface area contributed by atoms with Crippen LogP contribution in [0, 0.1) is 11.3 Å². The number of halogens is 2. The number of nitriles is 1. The highest BCUT2D eigenvalue weighted by atomic mass is 19.3. The zero-order valence-electron chi connectivity index (χ0n) is 18.4. The summed E-state index contributed by atoms with van der Waals surface area (Å²) < 4.78 is 27.4. The van der Waals surface area contributed by atoms with Gasteiger partial charge in [-0.05, 0) is 25.0 Å². The summed E-state index contributed by atoms with van der Waals surface area (Å²) in [4.78, 5) is 27.2. The molecular weight excluding hydrogens is 456 g/mol. The lowest BCUT2D eigenvalue weighted by Crippen LogP contribution is -2.48. The standard InChI is InChI=1S/C24H21F2N7O2/c25-22(26)21-16-11-30-23(31-17-3-1-2-4-18(17)32-24(34)35)33-20(16)15(10-29-21)14-9-28-19-7-12(8-27)5-6-13(14)19/h5-7,9-11,17-18,22,28,32H,1-4H2,(H,34,35)(H,30,31,33)/t17-,18+/m1/s1. The van der Waals surface area contributed by atoms with Crippen molar-refractivity contribution < 1.29 is 18.7 Å². The van der Waals surface area contributed by atoms with Gasteiger partial charge in [-0.2, -0.15) is 5.26 Å². The van der Waals surface area contributed by atoms with E-state index in [0.717, 1.165) is 30.2 Å². The Morgan fingerprint density at radius 2 is 1.94 bits per heavy atom. The third-order valence-electron chi connectivity index (χ3n) is 6.35. The molecule has 2 atom stereocenters. The number of rotatable bonds is 5. The molecule has 5 rings (SSSR count). The van der Waals surface area contributed by atoms with Gasteiger partial charge in [0.25, 0.3) is 6.43 Å². The van der Waals surface area contributed by atoms with E-state index in [0.29, 0.717) is 28.6 Å². The Morgan fingerprint density at radius 3 is 2.69 bits per heavy atom. The first-order chi connectivity index (χ1) is 16.9. The number of aromatic nitrogens is 4. The lowest BCUT2D eigenvalue weighted by Gasteiger charge is -2.32. The Morgan fingerprint density at radius 1 is 1.14 bits per heavy atom. The van der Waals surface area contributed by atoms with Crippen molar-refractivity contribution in [1.82, 2.24) is 25.3 Å². The molecule has 4 aromatic rings. The van der Waals surface area contributed by atoms with Gasteiger partial charge in [0.2, 0.25) is 5.95 Å². The summed E-state index contributed by atoms with van der Waals surface area (Å²) in [6.07, 6.45) is 3.76. The lowest BCUT2D eigenvalue weighted by molar-refractivity contribution is 0.148. The lowest BCUT2D eigenvalue weighted by atomic mass is 9.90. The molecule has 3 heterocycles. The molecular formula is C24H21F2N7O2. The quantitative estimate of drug-likeness (QED) is 0.318. The molecule has 1 aromatic carbocycles. The van der Waals surface area contributed by atoms with Crippen molar-refractivity contribution in [3.63, 3.8) is 0 Å². The summed E-state index contributed by atoms with van der Waals surface area (Å²) in [7, 11) is 0. The average molecular weight is 477 g/mol. The maximum Gasteiger partial charge on any atom is 0.404 e. The number of amides is 1. The van der Waals surface area contributed by atoms with E-state index >= 15 is 0 Å². The van der Waals surface area contributed by atoms with Crippen LogP contribution in [0.3, 0.4) is 0 Å². The van der Waals surface area contributed by atoms with E-state index in [9.17, 15) is 18.8 Å².